The van der Waals surface area contributed by atoms with Crippen molar-refractivity contribution in [2.24, 2.45) is 0 Å². The first kappa shape index (κ1) is 21.8. The molecule has 0 atom stereocenters. The van der Waals surface area contributed by atoms with Crippen molar-refractivity contribution >= 4 is 27.7 Å². The Morgan fingerprint density at radius 2 is 1.69 bits per heavy atom. The maximum atomic E-state index is 13.0. The van der Waals surface area contributed by atoms with Gasteiger partial charge in [0.05, 0.1) is 11.4 Å². The zero-order valence-corrected chi connectivity index (χ0v) is 18.7. The van der Waals surface area contributed by atoms with Gasteiger partial charge in [-0.05, 0) is 34.1 Å². The average Bonchev–Trinajstić information content (AvgIpc) is 3.05. The van der Waals surface area contributed by atoms with Crippen LogP contribution in [0.2, 0.25) is 0 Å². The first-order valence-corrected chi connectivity index (χ1v) is 12.0. The van der Waals surface area contributed by atoms with Gasteiger partial charge < -0.3 is 13.9 Å². The van der Waals surface area contributed by atoms with E-state index in [-0.39, 0.29) is 23.1 Å². The van der Waals surface area contributed by atoms with Crippen molar-refractivity contribution < 1.29 is 22.3 Å². The van der Waals surface area contributed by atoms with E-state index in [0.717, 1.165) is 17.0 Å². The van der Waals surface area contributed by atoms with Gasteiger partial charge in [0.15, 0.2) is 5.76 Å². The van der Waals surface area contributed by atoms with Gasteiger partial charge in [-0.3, -0.25) is 4.79 Å². The second kappa shape index (κ2) is 8.88. The maximum Gasteiger partial charge on any atom is 0.248 e. The summed E-state index contributed by atoms with van der Waals surface area (Å²) in [6, 6.07) is 0. The molecule has 0 aliphatic carbocycles. The lowest BCUT2D eigenvalue weighted by molar-refractivity contribution is -0.128. The highest BCUT2D eigenvalue weighted by Gasteiger charge is 2.32. The van der Waals surface area contributed by atoms with Gasteiger partial charge in [0.25, 0.3) is 0 Å². The molecule has 1 fully saturated rings. The number of carbonyl (C=O) groups excluding carboxylic acids is 1. The highest BCUT2D eigenvalue weighted by atomic mass is 32.2. The quantitative estimate of drug-likeness (QED) is 0.669. The van der Waals surface area contributed by atoms with Crippen molar-refractivity contribution in [1.29, 1.82) is 0 Å². The summed E-state index contributed by atoms with van der Waals surface area (Å²) in [4.78, 5) is 14.5. The first-order chi connectivity index (χ1) is 13.7. The molecule has 1 amide bonds. The summed E-state index contributed by atoms with van der Waals surface area (Å²) in [7, 11) is -3.69. The van der Waals surface area contributed by atoms with Gasteiger partial charge in [-0.2, -0.15) is 4.31 Å². The number of thioether (sulfide) groups is 1. The van der Waals surface area contributed by atoms with Crippen LogP contribution in [0.15, 0.2) is 13.9 Å². The number of aromatic nitrogens is 2. The van der Waals surface area contributed by atoms with Crippen LogP contribution in [-0.2, 0) is 20.6 Å². The minimum Gasteiger partial charge on any atom is -0.361 e. The van der Waals surface area contributed by atoms with Crippen LogP contribution in [0.5, 0.6) is 0 Å². The average molecular weight is 443 g/mol. The molecule has 9 nitrogen and oxygen atoms in total. The zero-order valence-electron chi connectivity index (χ0n) is 17.1. The van der Waals surface area contributed by atoms with Crippen LogP contribution in [0.25, 0.3) is 0 Å². The Morgan fingerprint density at radius 3 is 2.31 bits per heavy atom. The van der Waals surface area contributed by atoms with Gasteiger partial charge in [0.2, 0.25) is 15.9 Å². The number of nitrogens with zero attached hydrogens (tertiary/aromatic N) is 4. The summed E-state index contributed by atoms with van der Waals surface area (Å²) >= 11 is 1.51. The summed E-state index contributed by atoms with van der Waals surface area (Å²) < 4.78 is 37.6. The Bertz CT molecular complexity index is 944. The van der Waals surface area contributed by atoms with Crippen molar-refractivity contribution in [3.8, 4) is 0 Å². The van der Waals surface area contributed by atoms with E-state index in [9.17, 15) is 13.2 Å². The fraction of sp³-hybridized carbons (Fsp3) is 0.611. The molecule has 0 unspecified atom stereocenters. The normalized spacial score (nSPS) is 16.2. The van der Waals surface area contributed by atoms with Crippen LogP contribution < -0.4 is 0 Å². The van der Waals surface area contributed by atoms with Crippen LogP contribution >= 0.6 is 11.8 Å². The third-order valence-corrected chi connectivity index (χ3v) is 8.11. The third kappa shape index (κ3) is 4.67. The Balaban J connectivity index is 1.57. The molecule has 0 aromatic carbocycles. The molecule has 1 aliphatic rings. The Kier molecular flexibility index (Phi) is 6.69. The monoisotopic (exact) mass is 442 g/mol. The van der Waals surface area contributed by atoms with E-state index in [1.165, 1.54) is 16.1 Å². The minimum absolute atomic E-state index is 0.0124. The van der Waals surface area contributed by atoms with Crippen LogP contribution in [0.4, 0.5) is 0 Å². The van der Waals surface area contributed by atoms with E-state index in [0.29, 0.717) is 43.3 Å². The van der Waals surface area contributed by atoms with Gasteiger partial charge in [0, 0.05) is 37.5 Å². The lowest BCUT2D eigenvalue weighted by atomic mass is 10.2. The van der Waals surface area contributed by atoms with Gasteiger partial charge in [-0.25, -0.2) is 8.42 Å². The number of amides is 1. The number of rotatable bonds is 6. The van der Waals surface area contributed by atoms with Crippen molar-refractivity contribution in [1.82, 2.24) is 19.5 Å². The van der Waals surface area contributed by atoms with E-state index in [2.05, 4.69) is 10.3 Å². The van der Waals surface area contributed by atoms with Gasteiger partial charge in [0.1, 0.15) is 16.3 Å². The molecule has 0 bridgehead atoms. The Hall–Kier alpha value is -1.85. The number of hydrogen-bond donors (Lipinski definition) is 0. The molecule has 1 saturated heterocycles. The topological polar surface area (TPSA) is 110 Å². The molecule has 1 aliphatic heterocycles. The van der Waals surface area contributed by atoms with E-state index >= 15 is 0 Å². The molecule has 0 N–H and O–H groups in total. The van der Waals surface area contributed by atoms with Crippen molar-refractivity contribution in [3.63, 3.8) is 0 Å². The van der Waals surface area contributed by atoms with Gasteiger partial charge in [-0.1, -0.05) is 10.3 Å². The van der Waals surface area contributed by atoms with Crippen LogP contribution in [-0.4, -0.2) is 65.8 Å². The fourth-order valence-corrected chi connectivity index (χ4v) is 6.23. The van der Waals surface area contributed by atoms with E-state index in [1.807, 2.05) is 13.8 Å². The van der Waals surface area contributed by atoms with E-state index in [1.54, 1.807) is 18.7 Å². The Morgan fingerprint density at radius 1 is 1.00 bits per heavy atom. The highest BCUT2D eigenvalue weighted by Crippen LogP contribution is 2.25. The molecule has 3 rings (SSSR count). The summed E-state index contributed by atoms with van der Waals surface area (Å²) in [6.07, 6.45) is 0.586. The number of sulfonamides is 1. The Labute approximate surface area is 174 Å². The predicted octanol–water partition coefficient (Wildman–Crippen LogP) is 2.05. The van der Waals surface area contributed by atoms with Crippen LogP contribution in [0, 0.1) is 27.7 Å². The molecule has 0 spiro atoms. The van der Waals surface area contributed by atoms with Gasteiger partial charge >= 0.3 is 0 Å². The van der Waals surface area contributed by atoms with E-state index in [4.69, 9.17) is 9.05 Å². The summed E-state index contributed by atoms with van der Waals surface area (Å²) in [5.74, 6) is 2.07. The zero-order chi connectivity index (χ0) is 21.2. The van der Waals surface area contributed by atoms with E-state index < -0.39 is 10.0 Å². The molecule has 2 aromatic rings. The second-order valence-corrected chi connectivity index (χ2v) is 9.95. The SMILES string of the molecule is Cc1noc(C)c1CSCC(=O)N1CCCN(S(=O)(=O)c2c(C)noc2C)CC1. The van der Waals surface area contributed by atoms with Crippen LogP contribution in [0.1, 0.15) is 34.9 Å². The van der Waals surface area contributed by atoms with Crippen LogP contribution in [0.3, 0.4) is 0 Å². The predicted molar refractivity (Wildman–Crippen MR) is 108 cm³/mol. The van der Waals surface area contributed by atoms with Crippen molar-refractivity contribution in [2.75, 3.05) is 31.9 Å². The molecule has 2 aromatic heterocycles. The van der Waals surface area contributed by atoms with Crippen molar-refractivity contribution in [2.45, 2.75) is 44.8 Å². The number of carbonyl (C=O) groups is 1. The maximum absolute atomic E-state index is 13.0. The summed E-state index contributed by atoms with van der Waals surface area (Å²) in [5, 5.41) is 7.68. The first-order valence-electron chi connectivity index (χ1n) is 9.42. The molecular weight excluding hydrogens is 416 g/mol. The molecule has 0 saturated carbocycles. The third-order valence-electron chi connectivity index (χ3n) is 5.03. The standard InChI is InChI=1S/C18H26N4O5S2/c1-12-16(14(3)26-19-12)10-28-11-17(23)21-6-5-7-22(9-8-21)29(24,25)18-13(2)20-27-15(18)4/h5-11H2,1-4H3. The minimum atomic E-state index is -3.69. The summed E-state index contributed by atoms with van der Waals surface area (Å²) in [5.41, 5.74) is 2.23. The van der Waals surface area contributed by atoms with Crippen molar-refractivity contribution in [3.05, 3.63) is 28.5 Å². The lowest BCUT2D eigenvalue weighted by Gasteiger charge is -2.21. The van der Waals surface area contributed by atoms with Gasteiger partial charge in [-0.15, -0.1) is 11.8 Å². The smallest absolute Gasteiger partial charge is 0.248 e. The second-order valence-electron chi connectivity index (χ2n) is 7.09. The number of aryl methyl sites for hydroxylation is 4. The summed E-state index contributed by atoms with van der Waals surface area (Å²) in [6.45, 7) is 8.49. The lowest BCUT2D eigenvalue weighted by Crippen LogP contribution is -2.38. The molecule has 29 heavy (non-hydrogen) atoms. The molecular formula is C18H26N4O5S2. The highest BCUT2D eigenvalue weighted by molar-refractivity contribution is 7.99. The molecule has 160 valence electrons. The molecule has 3 heterocycles. The number of hydrogen-bond acceptors (Lipinski definition) is 8. The molecule has 11 heteroatoms. The fourth-order valence-electron chi connectivity index (χ4n) is 3.40. The largest absolute Gasteiger partial charge is 0.361 e. The molecule has 0 radical (unpaired) electrons.